The molecular weight excluding hydrogens is 226 g/mol. The van der Waals surface area contributed by atoms with Gasteiger partial charge >= 0.3 is 5.97 Å². The standard InChI is InChI=1S/C7H6BrNO3/c1-12-4-2-5(7(10)11)6(8)9-3-4/h2-3H,1H3,(H,10,11). The van der Waals surface area contributed by atoms with E-state index in [2.05, 4.69) is 20.9 Å². The summed E-state index contributed by atoms with van der Waals surface area (Å²) in [5, 5.41) is 8.66. The maximum absolute atomic E-state index is 10.6. The number of hydrogen-bond acceptors (Lipinski definition) is 3. The molecule has 0 fully saturated rings. The summed E-state index contributed by atoms with van der Waals surface area (Å²) in [5.41, 5.74) is 0.0920. The van der Waals surface area contributed by atoms with E-state index < -0.39 is 5.97 Å². The average Bonchev–Trinajstić information content (AvgIpc) is 2.05. The molecule has 1 rings (SSSR count). The Morgan fingerprint density at radius 2 is 2.42 bits per heavy atom. The number of halogens is 1. The molecule has 0 saturated carbocycles. The molecule has 0 aliphatic rings. The molecule has 64 valence electrons. The zero-order chi connectivity index (χ0) is 9.14. The Bertz CT molecular complexity index is 314. The summed E-state index contributed by atoms with van der Waals surface area (Å²) in [6.45, 7) is 0. The van der Waals surface area contributed by atoms with E-state index in [9.17, 15) is 4.79 Å². The molecule has 5 heteroatoms. The highest BCUT2D eigenvalue weighted by Crippen LogP contribution is 2.18. The second-order valence-electron chi connectivity index (χ2n) is 2.02. The third kappa shape index (κ3) is 1.73. The number of carboxylic acid groups (broad SMARTS) is 1. The van der Waals surface area contributed by atoms with Crippen LogP contribution in [0.25, 0.3) is 0 Å². The Kier molecular flexibility index (Phi) is 2.65. The van der Waals surface area contributed by atoms with Gasteiger partial charge in [-0.15, -0.1) is 0 Å². The number of carbonyl (C=O) groups is 1. The van der Waals surface area contributed by atoms with E-state index >= 15 is 0 Å². The van der Waals surface area contributed by atoms with E-state index in [1.807, 2.05) is 0 Å². The van der Waals surface area contributed by atoms with Crippen molar-refractivity contribution < 1.29 is 14.6 Å². The van der Waals surface area contributed by atoms with Gasteiger partial charge in [0.2, 0.25) is 0 Å². The average molecular weight is 232 g/mol. The summed E-state index contributed by atoms with van der Waals surface area (Å²) in [6, 6.07) is 1.40. The van der Waals surface area contributed by atoms with E-state index in [-0.39, 0.29) is 5.56 Å². The van der Waals surface area contributed by atoms with Crippen LogP contribution in [0.3, 0.4) is 0 Å². The molecule has 0 amide bonds. The Morgan fingerprint density at radius 3 is 2.92 bits per heavy atom. The predicted molar refractivity (Wildman–Crippen MR) is 45.4 cm³/mol. The third-order valence-corrected chi connectivity index (χ3v) is 1.91. The van der Waals surface area contributed by atoms with Crippen molar-refractivity contribution in [2.75, 3.05) is 7.11 Å². The molecule has 0 saturated heterocycles. The fourth-order valence-electron chi connectivity index (χ4n) is 0.691. The predicted octanol–water partition coefficient (Wildman–Crippen LogP) is 1.55. The van der Waals surface area contributed by atoms with Gasteiger partial charge in [0.05, 0.1) is 18.9 Å². The van der Waals surface area contributed by atoms with Crippen LogP contribution >= 0.6 is 15.9 Å². The minimum absolute atomic E-state index is 0.0920. The van der Waals surface area contributed by atoms with Crippen LogP contribution in [0, 0.1) is 0 Å². The number of carboxylic acids is 1. The quantitative estimate of drug-likeness (QED) is 0.786. The molecule has 0 radical (unpaired) electrons. The number of rotatable bonds is 2. The fourth-order valence-corrected chi connectivity index (χ4v) is 1.08. The highest BCUT2D eigenvalue weighted by Gasteiger charge is 2.09. The molecule has 0 atom stereocenters. The highest BCUT2D eigenvalue weighted by molar-refractivity contribution is 9.10. The lowest BCUT2D eigenvalue weighted by Gasteiger charge is -2.01. The summed E-state index contributed by atoms with van der Waals surface area (Å²) in [4.78, 5) is 14.3. The summed E-state index contributed by atoms with van der Waals surface area (Å²) < 4.78 is 5.11. The summed E-state index contributed by atoms with van der Waals surface area (Å²) >= 11 is 3.01. The molecule has 0 bridgehead atoms. The van der Waals surface area contributed by atoms with Gasteiger partial charge in [-0.2, -0.15) is 0 Å². The number of ether oxygens (including phenoxy) is 1. The van der Waals surface area contributed by atoms with Crippen LogP contribution < -0.4 is 4.74 Å². The van der Waals surface area contributed by atoms with Gasteiger partial charge < -0.3 is 9.84 Å². The molecule has 1 heterocycles. The van der Waals surface area contributed by atoms with Crippen molar-refractivity contribution in [1.29, 1.82) is 0 Å². The zero-order valence-electron chi connectivity index (χ0n) is 6.24. The first-order chi connectivity index (χ1) is 5.65. The van der Waals surface area contributed by atoms with Crippen molar-refractivity contribution in [3.8, 4) is 5.75 Å². The van der Waals surface area contributed by atoms with Crippen LogP contribution in [0.2, 0.25) is 0 Å². The lowest BCUT2D eigenvalue weighted by molar-refractivity contribution is 0.0695. The van der Waals surface area contributed by atoms with E-state index in [1.165, 1.54) is 19.4 Å². The first-order valence-corrected chi connectivity index (χ1v) is 3.87. The third-order valence-electron chi connectivity index (χ3n) is 1.28. The first-order valence-electron chi connectivity index (χ1n) is 3.08. The number of hydrogen-bond donors (Lipinski definition) is 1. The van der Waals surface area contributed by atoms with E-state index in [0.29, 0.717) is 10.4 Å². The van der Waals surface area contributed by atoms with Crippen molar-refractivity contribution in [2.24, 2.45) is 0 Å². The highest BCUT2D eigenvalue weighted by atomic mass is 79.9. The molecule has 0 aromatic carbocycles. The Hall–Kier alpha value is -1.10. The lowest BCUT2D eigenvalue weighted by atomic mass is 10.3. The van der Waals surface area contributed by atoms with Crippen molar-refractivity contribution in [3.63, 3.8) is 0 Å². The number of aromatic nitrogens is 1. The van der Waals surface area contributed by atoms with Crippen molar-refractivity contribution in [2.45, 2.75) is 0 Å². The molecule has 1 aromatic rings. The Labute approximate surface area is 77.3 Å². The van der Waals surface area contributed by atoms with Gasteiger partial charge in [0.25, 0.3) is 0 Å². The second kappa shape index (κ2) is 3.53. The van der Waals surface area contributed by atoms with Crippen molar-refractivity contribution >= 4 is 21.9 Å². The largest absolute Gasteiger partial charge is 0.495 e. The van der Waals surface area contributed by atoms with Gasteiger partial charge in [-0.05, 0) is 22.0 Å². The van der Waals surface area contributed by atoms with Gasteiger partial charge in [0, 0.05) is 0 Å². The summed E-state index contributed by atoms with van der Waals surface area (Å²) in [6.07, 6.45) is 1.44. The molecular formula is C7H6BrNO3. The summed E-state index contributed by atoms with van der Waals surface area (Å²) in [5.74, 6) is -0.608. The number of nitrogens with zero attached hydrogens (tertiary/aromatic N) is 1. The lowest BCUT2D eigenvalue weighted by Crippen LogP contribution is -1.99. The topological polar surface area (TPSA) is 59.4 Å². The smallest absolute Gasteiger partial charge is 0.338 e. The molecule has 0 spiro atoms. The van der Waals surface area contributed by atoms with Crippen LogP contribution in [-0.2, 0) is 0 Å². The molecule has 12 heavy (non-hydrogen) atoms. The molecule has 0 aliphatic carbocycles. The van der Waals surface area contributed by atoms with Gasteiger partial charge in [0.1, 0.15) is 10.4 Å². The van der Waals surface area contributed by atoms with Crippen LogP contribution in [0.1, 0.15) is 10.4 Å². The van der Waals surface area contributed by atoms with Crippen molar-refractivity contribution in [3.05, 3.63) is 22.4 Å². The maximum atomic E-state index is 10.6. The van der Waals surface area contributed by atoms with E-state index in [0.717, 1.165) is 0 Å². The van der Waals surface area contributed by atoms with Crippen LogP contribution in [0.4, 0.5) is 0 Å². The monoisotopic (exact) mass is 231 g/mol. The van der Waals surface area contributed by atoms with Crippen molar-refractivity contribution in [1.82, 2.24) is 4.98 Å². The molecule has 0 aliphatic heterocycles. The Morgan fingerprint density at radius 1 is 1.75 bits per heavy atom. The fraction of sp³-hybridized carbons (Fsp3) is 0.143. The van der Waals surface area contributed by atoms with Gasteiger partial charge in [-0.1, -0.05) is 0 Å². The SMILES string of the molecule is COc1cnc(Br)c(C(=O)O)c1. The van der Waals surface area contributed by atoms with E-state index in [1.54, 1.807) is 0 Å². The van der Waals surface area contributed by atoms with Gasteiger partial charge in [-0.3, -0.25) is 0 Å². The summed E-state index contributed by atoms with van der Waals surface area (Å²) in [7, 11) is 1.45. The first kappa shape index (κ1) is 8.99. The van der Waals surface area contributed by atoms with Gasteiger partial charge in [-0.25, -0.2) is 9.78 Å². The molecule has 0 unspecified atom stereocenters. The zero-order valence-corrected chi connectivity index (χ0v) is 7.83. The van der Waals surface area contributed by atoms with Crippen LogP contribution in [0.15, 0.2) is 16.9 Å². The molecule has 1 N–H and O–H groups in total. The van der Waals surface area contributed by atoms with E-state index in [4.69, 9.17) is 9.84 Å². The van der Waals surface area contributed by atoms with Crippen LogP contribution in [0.5, 0.6) is 5.75 Å². The minimum atomic E-state index is -1.03. The van der Waals surface area contributed by atoms with Gasteiger partial charge in [0.15, 0.2) is 0 Å². The molecule has 4 nitrogen and oxygen atoms in total. The second-order valence-corrected chi connectivity index (χ2v) is 2.77. The number of pyridine rings is 1. The Balaban J connectivity index is 3.17. The maximum Gasteiger partial charge on any atom is 0.338 e. The number of methoxy groups -OCH3 is 1. The number of aromatic carboxylic acids is 1. The molecule has 1 aromatic heterocycles. The minimum Gasteiger partial charge on any atom is -0.495 e. The normalized spacial score (nSPS) is 9.50. The van der Waals surface area contributed by atoms with Crippen LogP contribution in [-0.4, -0.2) is 23.2 Å².